The second-order valence-electron chi connectivity index (χ2n) is 7.92. The van der Waals surface area contributed by atoms with Gasteiger partial charge in [-0.1, -0.05) is 29.5 Å². The minimum absolute atomic E-state index is 0. The maximum atomic E-state index is 11.1. The Hall–Kier alpha value is -1.71. The molecule has 0 unspecified atom stereocenters. The third-order valence-electron chi connectivity index (χ3n) is 5.44. The van der Waals surface area contributed by atoms with Gasteiger partial charge >= 0.3 is 5.97 Å². The molecule has 1 aromatic carbocycles. The summed E-state index contributed by atoms with van der Waals surface area (Å²) in [5, 5.41) is 20.6. The van der Waals surface area contributed by atoms with Crippen LogP contribution in [0.5, 0.6) is 0 Å². The number of nitrogens with one attached hydrogen (secondary N) is 1. The zero-order valence-electron chi connectivity index (χ0n) is 17.1. The number of hydrogen-bond acceptors (Lipinski definition) is 6. The van der Waals surface area contributed by atoms with E-state index < -0.39 is 12.0 Å². The Labute approximate surface area is 188 Å². The number of carbonyl (C=O) groups is 1. The second-order valence-corrected chi connectivity index (χ2v) is 7.92. The van der Waals surface area contributed by atoms with Crippen LogP contribution in [0.3, 0.4) is 0 Å². The number of halogens is 2. The number of ether oxygens (including phenoxy) is 1. The van der Waals surface area contributed by atoms with Crippen molar-refractivity contribution in [3.8, 4) is 11.3 Å². The Morgan fingerprint density at radius 2 is 1.87 bits per heavy atom. The Balaban J connectivity index is 0.00000160. The molecular weight excluding hydrogens is 429 g/mol. The van der Waals surface area contributed by atoms with Crippen LogP contribution < -0.4 is 5.32 Å². The molecule has 4 rings (SSSR count). The first-order chi connectivity index (χ1) is 13.5. The van der Waals surface area contributed by atoms with Crippen molar-refractivity contribution in [2.45, 2.75) is 51.1 Å². The van der Waals surface area contributed by atoms with Gasteiger partial charge in [0.15, 0.2) is 0 Å². The Kier molecular flexibility index (Phi) is 8.63. The van der Waals surface area contributed by atoms with E-state index in [0.717, 1.165) is 30.9 Å². The Morgan fingerprint density at radius 1 is 1.20 bits per heavy atom. The third-order valence-corrected chi connectivity index (χ3v) is 5.44. The average Bonchev–Trinajstić information content (AvgIpc) is 3.31. The molecule has 2 aliphatic heterocycles. The van der Waals surface area contributed by atoms with Crippen LogP contribution in [0.4, 0.5) is 0 Å². The number of carboxylic acid groups (broad SMARTS) is 1. The van der Waals surface area contributed by atoms with Gasteiger partial charge in [-0.05, 0) is 25.8 Å². The van der Waals surface area contributed by atoms with Crippen molar-refractivity contribution in [2.24, 2.45) is 0 Å². The number of carboxylic acids is 1. The average molecular weight is 458 g/mol. The molecule has 0 spiro atoms. The van der Waals surface area contributed by atoms with Crippen LogP contribution in [0.25, 0.3) is 11.3 Å². The van der Waals surface area contributed by atoms with E-state index in [9.17, 15) is 4.79 Å². The Morgan fingerprint density at radius 3 is 2.47 bits per heavy atom. The number of rotatable bonds is 5. The van der Waals surface area contributed by atoms with Gasteiger partial charge in [-0.3, -0.25) is 9.69 Å². The zero-order chi connectivity index (χ0) is 19.7. The highest BCUT2D eigenvalue weighted by Crippen LogP contribution is 2.23. The first-order valence-corrected chi connectivity index (χ1v) is 9.83. The molecule has 2 fully saturated rings. The van der Waals surface area contributed by atoms with Crippen molar-refractivity contribution in [3.05, 3.63) is 36.0 Å². The van der Waals surface area contributed by atoms with E-state index in [2.05, 4.69) is 58.6 Å². The lowest BCUT2D eigenvalue weighted by Crippen LogP contribution is -2.44. The van der Waals surface area contributed by atoms with E-state index in [1.54, 1.807) is 4.68 Å². The van der Waals surface area contributed by atoms with Gasteiger partial charge in [-0.15, -0.1) is 29.9 Å². The smallest absolute Gasteiger partial charge is 0.320 e. The topological polar surface area (TPSA) is 92.5 Å². The minimum atomic E-state index is -0.817. The molecule has 166 valence electrons. The fourth-order valence-corrected chi connectivity index (χ4v) is 4.15. The maximum absolute atomic E-state index is 11.1. The van der Waals surface area contributed by atoms with Crippen LogP contribution in [0.2, 0.25) is 0 Å². The van der Waals surface area contributed by atoms with Crippen molar-refractivity contribution in [1.29, 1.82) is 0 Å². The summed E-state index contributed by atoms with van der Waals surface area (Å²) in [5.74, 6) is -0.817. The van der Waals surface area contributed by atoms with Crippen molar-refractivity contribution in [2.75, 3.05) is 19.6 Å². The maximum Gasteiger partial charge on any atom is 0.320 e. The molecule has 3 heterocycles. The normalized spacial score (nSPS) is 26.6. The molecule has 2 N–H and O–H groups in total. The zero-order valence-corrected chi connectivity index (χ0v) is 18.7. The predicted molar refractivity (Wildman–Crippen MR) is 118 cm³/mol. The van der Waals surface area contributed by atoms with E-state index in [1.807, 2.05) is 6.20 Å². The molecular formula is C20H29Cl2N5O3. The number of aliphatic carboxylic acids is 1. The van der Waals surface area contributed by atoms with Crippen LogP contribution in [0.15, 0.2) is 30.5 Å². The largest absolute Gasteiger partial charge is 0.480 e. The van der Waals surface area contributed by atoms with E-state index in [4.69, 9.17) is 9.84 Å². The minimum Gasteiger partial charge on any atom is -0.480 e. The van der Waals surface area contributed by atoms with Gasteiger partial charge < -0.3 is 15.2 Å². The summed E-state index contributed by atoms with van der Waals surface area (Å²) in [6, 6.07) is 7.93. The summed E-state index contributed by atoms with van der Waals surface area (Å²) >= 11 is 0. The number of hydrogen-bond donors (Lipinski definition) is 2. The third kappa shape index (κ3) is 5.70. The first kappa shape index (κ1) is 24.6. The lowest BCUT2D eigenvalue weighted by molar-refractivity contribution is -0.139. The van der Waals surface area contributed by atoms with Gasteiger partial charge in [0, 0.05) is 31.7 Å². The summed E-state index contributed by atoms with van der Waals surface area (Å²) in [4.78, 5) is 13.5. The Bertz CT molecular complexity index is 822. The van der Waals surface area contributed by atoms with E-state index >= 15 is 0 Å². The van der Waals surface area contributed by atoms with E-state index in [1.165, 1.54) is 5.56 Å². The van der Waals surface area contributed by atoms with Crippen LogP contribution in [0.1, 0.15) is 31.9 Å². The van der Waals surface area contributed by atoms with Gasteiger partial charge in [0.25, 0.3) is 0 Å². The van der Waals surface area contributed by atoms with Crippen molar-refractivity contribution in [1.82, 2.24) is 25.2 Å². The fourth-order valence-electron chi connectivity index (χ4n) is 4.15. The number of aromatic nitrogens is 3. The molecule has 0 aliphatic carbocycles. The van der Waals surface area contributed by atoms with Crippen LogP contribution >= 0.6 is 24.8 Å². The lowest BCUT2D eigenvalue weighted by Gasteiger charge is -2.35. The van der Waals surface area contributed by atoms with Crippen LogP contribution in [0, 0.1) is 0 Å². The summed E-state index contributed by atoms with van der Waals surface area (Å²) < 4.78 is 7.57. The quantitative estimate of drug-likeness (QED) is 0.711. The number of nitrogens with zero attached hydrogens (tertiary/aromatic N) is 4. The number of morpholine rings is 1. The molecule has 1 aromatic heterocycles. The second kappa shape index (κ2) is 10.5. The predicted octanol–water partition coefficient (Wildman–Crippen LogP) is 2.39. The highest BCUT2D eigenvalue weighted by molar-refractivity contribution is 5.85. The molecule has 2 saturated heterocycles. The highest BCUT2D eigenvalue weighted by Gasteiger charge is 2.31. The molecule has 0 saturated carbocycles. The van der Waals surface area contributed by atoms with Gasteiger partial charge in [0.1, 0.15) is 11.7 Å². The molecule has 0 amide bonds. The molecule has 0 radical (unpaired) electrons. The first-order valence-electron chi connectivity index (χ1n) is 9.83. The lowest BCUT2D eigenvalue weighted by atomic mass is 10.1. The van der Waals surface area contributed by atoms with Crippen LogP contribution in [-0.2, 0) is 16.1 Å². The standard InChI is InChI=1S/C20H27N5O3.2ClH/c1-13-9-24(10-14(2)28-13)11-15-3-5-16(6-4-15)19-12-25(23-22-19)17-7-18(20(26)27)21-8-17;;/h3-6,12-14,17-18,21H,7-11H2,1-2H3,(H,26,27);2*1H/t13-,14+,17-,18-;;/m0../s1. The van der Waals surface area contributed by atoms with E-state index in [0.29, 0.717) is 13.0 Å². The van der Waals surface area contributed by atoms with Gasteiger partial charge in [0.05, 0.1) is 24.4 Å². The monoisotopic (exact) mass is 457 g/mol. The molecule has 2 aromatic rings. The number of benzene rings is 1. The molecule has 8 nitrogen and oxygen atoms in total. The fraction of sp³-hybridized carbons (Fsp3) is 0.550. The van der Waals surface area contributed by atoms with Crippen molar-refractivity contribution < 1.29 is 14.6 Å². The highest BCUT2D eigenvalue weighted by atomic mass is 35.5. The molecule has 10 heteroatoms. The molecule has 2 aliphatic rings. The van der Waals surface area contributed by atoms with Crippen molar-refractivity contribution >= 4 is 30.8 Å². The summed E-state index contributed by atoms with van der Waals surface area (Å²) in [7, 11) is 0. The summed E-state index contributed by atoms with van der Waals surface area (Å²) in [6.07, 6.45) is 2.96. The summed E-state index contributed by atoms with van der Waals surface area (Å²) in [5.41, 5.74) is 3.08. The molecule has 30 heavy (non-hydrogen) atoms. The SMILES string of the molecule is C[C@@H]1CN(Cc2ccc(-c3cn([C@@H]4CN[C@H](C(=O)O)C4)nn3)cc2)C[C@H](C)O1.Cl.Cl. The van der Waals surface area contributed by atoms with Gasteiger partial charge in [-0.25, -0.2) is 4.68 Å². The molecule has 0 bridgehead atoms. The van der Waals surface area contributed by atoms with Crippen LogP contribution in [-0.4, -0.2) is 68.9 Å². The summed E-state index contributed by atoms with van der Waals surface area (Å²) in [6.45, 7) is 7.64. The van der Waals surface area contributed by atoms with Crippen molar-refractivity contribution in [3.63, 3.8) is 0 Å². The molecule has 4 atom stereocenters. The van der Waals surface area contributed by atoms with E-state index in [-0.39, 0.29) is 43.1 Å². The van der Waals surface area contributed by atoms with Gasteiger partial charge in [-0.2, -0.15) is 0 Å². The van der Waals surface area contributed by atoms with Gasteiger partial charge in [0.2, 0.25) is 0 Å².